The second-order valence-corrected chi connectivity index (χ2v) is 7.33. The summed E-state index contributed by atoms with van der Waals surface area (Å²) in [6.07, 6.45) is 1.26. The number of rotatable bonds is 5. The Bertz CT molecular complexity index is 771. The van der Waals surface area contributed by atoms with Gasteiger partial charge in [-0.3, -0.25) is 9.69 Å². The van der Waals surface area contributed by atoms with E-state index in [1.165, 1.54) is 0 Å². The van der Waals surface area contributed by atoms with Gasteiger partial charge in [0.15, 0.2) is 0 Å². The zero-order valence-electron chi connectivity index (χ0n) is 14.5. The molecule has 1 unspecified atom stereocenters. The van der Waals surface area contributed by atoms with Crippen molar-refractivity contribution in [2.24, 2.45) is 5.92 Å². The van der Waals surface area contributed by atoms with Crippen molar-refractivity contribution in [3.63, 3.8) is 0 Å². The van der Waals surface area contributed by atoms with E-state index in [-0.39, 0.29) is 12.0 Å². The number of hydrogen-bond donors (Lipinski definition) is 1. The van der Waals surface area contributed by atoms with E-state index >= 15 is 0 Å². The monoisotopic (exact) mass is 393 g/mol. The van der Waals surface area contributed by atoms with Crippen molar-refractivity contribution < 1.29 is 14.6 Å². The normalized spacial score (nSPS) is 17.0. The summed E-state index contributed by atoms with van der Waals surface area (Å²) >= 11 is 12.6. The van der Waals surface area contributed by atoms with E-state index in [4.69, 9.17) is 27.9 Å². The number of carboxylic acid groups (broad SMARTS) is 1. The summed E-state index contributed by atoms with van der Waals surface area (Å²) in [6, 6.07) is 13.4. The lowest BCUT2D eigenvalue weighted by atomic mass is 9.91. The Kier molecular flexibility index (Phi) is 6.07. The fourth-order valence-corrected chi connectivity index (χ4v) is 4.01. The van der Waals surface area contributed by atoms with Gasteiger partial charge in [0.1, 0.15) is 5.75 Å². The highest BCUT2D eigenvalue weighted by Crippen LogP contribution is 2.37. The van der Waals surface area contributed by atoms with E-state index in [0.717, 1.165) is 16.9 Å². The Morgan fingerprint density at radius 1 is 1.15 bits per heavy atom. The van der Waals surface area contributed by atoms with Crippen LogP contribution in [0.2, 0.25) is 10.0 Å². The fraction of sp³-hybridized carbons (Fsp3) is 0.350. The minimum Gasteiger partial charge on any atom is -0.497 e. The largest absolute Gasteiger partial charge is 0.497 e. The van der Waals surface area contributed by atoms with Crippen LogP contribution >= 0.6 is 23.2 Å². The summed E-state index contributed by atoms with van der Waals surface area (Å²) in [6.45, 7) is 1.40. The molecule has 2 aromatic rings. The van der Waals surface area contributed by atoms with E-state index in [1.54, 1.807) is 13.2 Å². The Morgan fingerprint density at radius 3 is 2.35 bits per heavy atom. The second kappa shape index (κ2) is 8.30. The van der Waals surface area contributed by atoms with Crippen LogP contribution in [0.25, 0.3) is 0 Å². The molecule has 138 valence electrons. The number of ether oxygens (including phenoxy) is 1. The highest BCUT2D eigenvalue weighted by atomic mass is 35.5. The van der Waals surface area contributed by atoms with Crippen molar-refractivity contribution >= 4 is 29.2 Å². The number of nitrogens with zero attached hydrogens (tertiary/aromatic N) is 1. The van der Waals surface area contributed by atoms with Gasteiger partial charge in [0.25, 0.3) is 0 Å². The lowest BCUT2D eigenvalue weighted by Crippen LogP contribution is -2.39. The number of halogens is 2. The number of benzene rings is 2. The summed E-state index contributed by atoms with van der Waals surface area (Å²) < 4.78 is 5.26. The van der Waals surface area contributed by atoms with Crippen LogP contribution in [0.5, 0.6) is 5.75 Å². The van der Waals surface area contributed by atoms with E-state index in [2.05, 4.69) is 4.90 Å². The first kappa shape index (κ1) is 19.0. The molecule has 1 aliphatic rings. The summed E-state index contributed by atoms with van der Waals surface area (Å²) in [5.74, 6) is -0.196. The van der Waals surface area contributed by atoms with E-state index < -0.39 is 5.97 Å². The van der Waals surface area contributed by atoms with Gasteiger partial charge in [-0.25, -0.2) is 0 Å². The van der Waals surface area contributed by atoms with Crippen molar-refractivity contribution in [1.29, 1.82) is 0 Å². The number of carboxylic acids is 1. The van der Waals surface area contributed by atoms with E-state index in [9.17, 15) is 9.90 Å². The molecule has 1 aliphatic heterocycles. The van der Waals surface area contributed by atoms with Gasteiger partial charge in [-0.05, 0) is 61.3 Å². The molecule has 1 saturated heterocycles. The van der Waals surface area contributed by atoms with Crippen molar-refractivity contribution in [3.05, 3.63) is 63.6 Å². The maximum atomic E-state index is 11.3. The quantitative estimate of drug-likeness (QED) is 0.785. The van der Waals surface area contributed by atoms with Crippen LogP contribution in [-0.2, 0) is 4.79 Å². The van der Waals surface area contributed by atoms with Gasteiger partial charge in [0, 0.05) is 10.0 Å². The molecule has 2 aromatic carbocycles. The SMILES string of the molecule is COc1ccc(C(c2ccc(Cl)cc2Cl)N2CCC(C(=O)O)CC2)cc1. The Morgan fingerprint density at radius 2 is 1.81 bits per heavy atom. The second-order valence-electron chi connectivity index (χ2n) is 6.49. The van der Waals surface area contributed by atoms with Gasteiger partial charge in [0.2, 0.25) is 0 Å². The topological polar surface area (TPSA) is 49.8 Å². The van der Waals surface area contributed by atoms with Crippen molar-refractivity contribution in [2.75, 3.05) is 20.2 Å². The van der Waals surface area contributed by atoms with Crippen LogP contribution in [-0.4, -0.2) is 36.2 Å². The molecule has 0 aliphatic carbocycles. The first-order chi connectivity index (χ1) is 12.5. The highest BCUT2D eigenvalue weighted by molar-refractivity contribution is 6.35. The van der Waals surface area contributed by atoms with Crippen molar-refractivity contribution in [3.8, 4) is 5.75 Å². The lowest BCUT2D eigenvalue weighted by Gasteiger charge is -2.37. The van der Waals surface area contributed by atoms with Gasteiger partial charge in [-0.1, -0.05) is 41.4 Å². The van der Waals surface area contributed by atoms with Crippen molar-refractivity contribution in [1.82, 2.24) is 4.90 Å². The predicted molar refractivity (Wildman–Crippen MR) is 103 cm³/mol. The molecule has 3 rings (SSSR count). The molecule has 1 atom stereocenters. The molecular weight excluding hydrogens is 373 g/mol. The summed E-state index contributed by atoms with van der Waals surface area (Å²) in [4.78, 5) is 13.6. The zero-order chi connectivity index (χ0) is 18.7. The molecule has 0 amide bonds. The average Bonchev–Trinajstić information content (AvgIpc) is 2.64. The highest BCUT2D eigenvalue weighted by Gasteiger charge is 2.31. The number of aliphatic carboxylic acids is 1. The Balaban J connectivity index is 1.95. The van der Waals surface area contributed by atoms with Gasteiger partial charge in [0.05, 0.1) is 19.1 Å². The van der Waals surface area contributed by atoms with Gasteiger partial charge in [-0.2, -0.15) is 0 Å². The standard InChI is InChI=1S/C20H21Cl2NO3/c1-26-16-5-2-13(3-6-16)19(17-7-4-15(21)12-18(17)22)23-10-8-14(9-11-23)20(24)25/h2-7,12,14,19H,8-11H2,1H3,(H,24,25). The molecule has 0 radical (unpaired) electrons. The van der Waals surface area contributed by atoms with Gasteiger partial charge >= 0.3 is 5.97 Å². The lowest BCUT2D eigenvalue weighted by molar-refractivity contribution is -0.143. The van der Waals surface area contributed by atoms with E-state index in [1.807, 2.05) is 36.4 Å². The van der Waals surface area contributed by atoms with Crippen LogP contribution in [0.1, 0.15) is 30.0 Å². The zero-order valence-corrected chi connectivity index (χ0v) is 16.0. The smallest absolute Gasteiger partial charge is 0.306 e. The van der Waals surface area contributed by atoms with Crippen LogP contribution in [0.15, 0.2) is 42.5 Å². The van der Waals surface area contributed by atoms with E-state index in [0.29, 0.717) is 36.0 Å². The maximum absolute atomic E-state index is 11.3. The number of carbonyl (C=O) groups is 1. The number of hydrogen-bond acceptors (Lipinski definition) is 3. The minimum absolute atomic E-state index is 0.0552. The predicted octanol–water partition coefficient (Wildman–Crippen LogP) is 4.89. The number of piperidine rings is 1. The van der Waals surface area contributed by atoms with Crippen LogP contribution in [0.4, 0.5) is 0 Å². The molecule has 1 heterocycles. The first-order valence-corrected chi connectivity index (χ1v) is 9.31. The molecule has 6 heteroatoms. The Labute approximate surface area is 163 Å². The molecule has 0 aromatic heterocycles. The summed E-state index contributed by atoms with van der Waals surface area (Å²) in [7, 11) is 1.64. The van der Waals surface area contributed by atoms with Crippen LogP contribution in [0, 0.1) is 5.92 Å². The molecule has 4 nitrogen and oxygen atoms in total. The Hall–Kier alpha value is -1.75. The van der Waals surface area contributed by atoms with Gasteiger partial charge < -0.3 is 9.84 Å². The van der Waals surface area contributed by atoms with Crippen LogP contribution < -0.4 is 4.74 Å². The summed E-state index contributed by atoms with van der Waals surface area (Å²) in [5.41, 5.74) is 2.05. The molecular formula is C20H21Cl2NO3. The third-order valence-electron chi connectivity index (χ3n) is 4.93. The minimum atomic E-state index is -0.713. The van der Waals surface area contributed by atoms with Crippen molar-refractivity contribution in [2.45, 2.75) is 18.9 Å². The molecule has 0 saturated carbocycles. The molecule has 1 fully saturated rings. The maximum Gasteiger partial charge on any atom is 0.306 e. The number of likely N-dealkylation sites (tertiary alicyclic amines) is 1. The third kappa shape index (κ3) is 4.14. The third-order valence-corrected chi connectivity index (χ3v) is 5.49. The van der Waals surface area contributed by atoms with Crippen LogP contribution in [0.3, 0.4) is 0 Å². The fourth-order valence-electron chi connectivity index (χ4n) is 3.50. The molecule has 0 spiro atoms. The number of methoxy groups -OCH3 is 1. The molecule has 0 bridgehead atoms. The van der Waals surface area contributed by atoms with Gasteiger partial charge in [-0.15, -0.1) is 0 Å². The molecule has 1 N–H and O–H groups in total. The average molecular weight is 394 g/mol. The first-order valence-electron chi connectivity index (χ1n) is 8.55. The molecule has 26 heavy (non-hydrogen) atoms. The summed E-state index contributed by atoms with van der Waals surface area (Å²) in [5, 5.41) is 10.5.